The molecule has 10 heavy (non-hydrogen) atoms. The van der Waals surface area contributed by atoms with Gasteiger partial charge in [0.05, 0.1) is 22.3 Å². The molecule has 0 fully saturated rings. The Morgan fingerprint density at radius 1 is 1.40 bits per heavy atom. The van der Waals surface area contributed by atoms with E-state index in [1.165, 1.54) is 0 Å². The number of carbonyl (C=O) groups excluding carboxylic acids is 2. The Kier molecular flexibility index (Phi) is 1.24. The van der Waals surface area contributed by atoms with E-state index >= 15 is 0 Å². The summed E-state index contributed by atoms with van der Waals surface area (Å²) in [6.45, 7) is 0. The van der Waals surface area contributed by atoms with Gasteiger partial charge in [-0.15, -0.1) is 0 Å². The first kappa shape index (κ1) is 2.74. The molecule has 0 N–H and O–H groups in total. The van der Waals surface area contributed by atoms with Gasteiger partial charge in [0.25, 0.3) is 0 Å². The van der Waals surface area contributed by atoms with Crippen LogP contribution in [0.1, 0.15) is 8.22 Å². The topological polar surface area (TPSA) is 52.6 Å². The first-order valence-electron chi connectivity index (χ1n) is 5.27. The molecule has 0 aromatic rings. The van der Waals surface area contributed by atoms with Gasteiger partial charge in [-0.25, -0.2) is 9.59 Å². The highest BCUT2D eigenvalue weighted by atomic mass is 16.5. The zero-order chi connectivity index (χ0) is 12.9. The number of rotatable bonds is 2. The van der Waals surface area contributed by atoms with E-state index < -0.39 is 38.2 Å². The average molecular weight is 150 g/mol. The molecule has 0 aliphatic rings. The molecular weight excluding hydrogens is 136 g/mol. The van der Waals surface area contributed by atoms with Crippen LogP contribution in [0.3, 0.4) is 0 Å². The van der Waals surface area contributed by atoms with Gasteiger partial charge >= 0.3 is 11.9 Å². The monoisotopic (exact) mass is 150 g/mol. The van der Waals surface area contributed by atoms with Crippen LogP contribution in [0, 0.1) is 0 Å². The average Bonchev–Trinajstić information content (AvgIpc) is 2.13. The summed E-state index contributed by atoms with van der Waals surface area (Å²) in [6, 6.07) is -2.41. The highest BCUT2D eigenvalue weighted by Gasteiger charge is 1.94. The van der Waals surface area contributed by atoms with Crippen molar-refractivity contribution in [3.05, 3.63) is 12.1 Å². The van der Waals surface area contributed by atoms with Crippen LogP contribution in [-0.2, 0) is 19.1 Å². The van der Waals surface area contributed by atoms with Gasteiger partial charge in [0.15, 0.2) is 0 Å². The van der Waals surface area contributed by atoms with Crippen LogP contribution in [0.5, 0.6) is 0 Å². The highest BCUT2D eigenvalue weighted by Crippen LogP contribution is 1.80. The van der Waals surface area contributed by atoms with Gasteiger partial charge in [0.1, 0.15) is 0 Å². The summed E-state index contributed by atoms with van der Waals surface area (Å²) in [7, 11) is -3.83. The molecular formula is C6H8O4. The van der Waals surface area contributed by atoms with Crippen LogP contribution in [0.25, 0.3) is 0 Å². The van der Waals surface area contributed by atoms with Crippen molar-refractivity contribution in [3.63, 3.8) is 0 Å². The van der Waals surface area contributed by atoms with E-state index in [0.29, 0.717) is 0 Å². The molecule has 0 amide bonds. The number of hydrogen-bond acceptors (Lipinski definition) is 4. The van der Waals surface area contributed by atoms with Crippen molar-refractivity contribution in [3.8, 4) is 0 Å². The Morgan fingerprint density at radius 3 is 2.50 bits per heavy atom. The molecule has 0 radical (unpaired) electrons. The molecule has 0 bridgehead atoms. The lowest BCUT2D eigenvalue weighted by atomic mass is 10.5. The first-order valence-corrected chi connectivity index (χ1v) is 2.06. The van der Waals surface area contributed by atoms with E-state index in [0.717, 1.165) is 0 Å². The lowest BCUT2D eigenvalue weighted by Gasteiger charge is -1.89. The third kappa shape index (κ3) is 3.65. The van der Waals surface area contributed by atoms with Crippen molar-refractivity contribution >= 4 is 11.9 Å². The van der Waals surface area contributed by atoms with Crippen molar-refractivity contribution in [2.75, 3.05) is 14.1 Å². The predicted octanol–water partition coefficient (Wildman–Crippen LogP) is -0.111. The molecule has 0 atom stereocenters. The van der Waals surface area contributed by atoms with Crippen LogP contribution in [0.2, 0.25) is 0 Å². The third-order valence-corrected chi connectivity index (χ3v) is 0.490. The van der Waals surface area contributed by atoms with Gasteiger partial charge in [-0.1, -0.05) is 0 Å². The van der Waals surface area contributed by atoms with Crippen molar-refractivity contribution in [2.45, 2.75) is 0 Å². The minimum atomic E-state index is -3.05. The van der Waals surface area contributed by atoms with E-state index in [4.69, 9.17) is 8.22 Å². The van der Waals surface area contributed by atoms with E-state index in [-0.39, 0.29) is 0 Å². The molecule has 0 aliphatic carbocycles. The molecule has 0 saturated carbocycles. The van der Waals surface area contributed by atoms with Crippen LogP contribution in [-0.4, -0.2) is 26.1 Å². The summed E-state index contributed by atoms with van der Waals surface area (Å²) in [5, 5.41) is 0. The normalized spacial score (nSPS) is 21.2. The Bertz CT molecular complexity index is 319. The quantitative estimate of drug-likeness (QED) is 0.407. The van der Waals surface area contributed by atoms with Gasteiger partial charge in [-0.2, -0.15) is 0 Å². The molecule has 0 aromatic carbocycles. The molecule has 0 aromatic heterocycles. The molecule has 0 rings (SSSR count). The van der Waals surface area contributed by atoms with E-state index in [9.17, 15) is 9.59 Å². The predicted molar refractivity (Wildman–Crippen MR) is 33.2 cm³/mol. The number of carbonyl (C=O) groups is 2. The van der Waals surface area contributed by atoms with E-state index in [1.54, 1.807) is 0 Å². The first-order chi connectivity index (χ1) is 7.19. The summed E-state index contributed by atoms with van der Waals surface area (Å²) in [5.74, 6) is -3.01. The van der Waals surface area contributed by atoms with Crippen molar-refractivity contribution < 1.29 is 27.3 Å². The summed E-state index contributed by atoms with van der Waals surface area (Å²) >= 11 is 0. The molecule has 4 heteroatoms. The van der Waals surface area contributed by atoms with Crippen molar-refractivity contribution in [1.82, 2.24) is 0 Å². The minimum Gasteiger partial charge on any atom is -0.466 e. The number of methoxy groups -OCH3 is 2. The standard InChI is InChI=1S/C6H8O4/c1-9-5(7)3-4-6(8)10-2/h3-4H,1-2H3/b4-3+/i1D,2D3,3D,4D. The summed E-state index contributed by atoms with van der Waals surface area (Å²) in [6.07, 6.45) is 0. The fraction of sp³-hybridized carbons (Fsp3) is 0.333. The van der Waals surface area contributed by atoms with Gasteiger partial charge < -0.3 is 9.47 Å². The van der Waals surface area contributed by atoms with Gasteiger partial charge in [-0.05, 0) is 0 Å². The molecule has 0 spiro atoms. The smallest absolute Gasteiger partial charge is 0.330 e. The van der Waals surface area contributed by atoms with E-state index in [1.807, 2.05) is 0 Å². The molecule has 56 valence electrons. The Morgan fingerprint density at radius 2 is 2.00 bits per heavy atom. The van der Waals surface area contributed by atoms with Crippen LogP contribution < -0.4 is 0 Å². The highest BCUT2D eigenvalue weighted by molar-refractivity contribution is 5.91. The SMILES string of the molecule is [2H]COC(=O)/C([2H])=C(\[2H])C(=O)OC([2H])([2H])[2H]. The largest absolute Gasteiger partial charge is 0.466 e. The molecule has 0 heterocycles. The lowest BCUT2D eigenvalue weighted by Crippen LogP contribution is -1.98. The fourth-order valence-corrected chi connectivity index (χ4v) is 0.164. The van der Waals surface area contributed by atoms with Crippen molar-refractivity contribution in [2.24, 2.45) is 0 Å². The summed E-state index contributed by atoms with van der Waals surface area (Å²) in [5.41, 5.74) is 0. The van der Waals surface area contributed by atoms with Gasteiger partial charge in [0.2, 0.25) is 0 Å². The minimum absolute atomic E-state index is 0.775. The Hall–Kier alpha value is -1.32. The maximum absolute atomic E-state index is 10.9. The summed E-state index contributed by atoms with van der Waals surface area (Å²) in [4.78, 5) is 21.7. The molecule has 4 nitrogen and oxygen atoms in total. The van der Waals surface area contributed by atoms with Crippen molar-refractivity contribution in [1.29, 1.82) is 0 Å². The lowest BCUT2D eigenvalue weighted by molar-refractivity contribution is -0.137. The zero-order valence-corrected chi connectivity index (χ0v) is 4.84. The Balaban J connectivity index is 4.75. The second kappa shape index (κ2) is 4.55. The molecule has 0 saturated heterocycles. The maximum atomic E-state index is 10.9. The number of hydrogen-bond donors (Lipinski definition) is 0. The van der Waals surface area contributed by atoms with Crippen LogP contribution >= 0.6 is 0 Å². The van der Waals surface area contributed by atoms with Crippen LogP contribution in [0.15, 0.2) is 12.1 Å². The molecule has 0 aliphatic heterocycles. The number of esters is 2. The third-order valence-electron chi connectivity index (χ3n) is 0.490. The van der Waals surface area contributed by atoms with Gasteiger partial charge in [-0.3, -0.25) is 0 Å². The fourth-order valence-electron chi connectivity index (χ4n) is 0.164. The zero-order valence-electron chi connectivity index (χ0n) is 10.8. The molecule has 0 unspecified atom stereocenters. The van der Waals surface area contributed by atoms with Crippen LogP contribution in [0.4, 0.5) is 0 Å². The second-order valence-electron chi connectivity index (χ2n) is 1.07. The van der Waals surface area contributed by atoms with E-state index in [2.05, 4.69) is 9.47 Å². The Labute approximate surface area is 66.9 Å². The van der Waals surface area contributed by atoms with Gasteiger partial charge in [0, 0.05) is 12.1 Å². The maximum Gasteiger partial charge on any atom is 0.330 e. The number of ether oxygens (including phenoxy) is 2. The second-order valence-corrected chi connectivity index (χ2v) is 1.07. The summed E-state index contributed by atoms with van der Waals surface area (Å²) < 4.78 is 48.0.